The quantitative estimate of drug-likeness (QED) is 0.162. The summed E-state index contributed by atoms with van der Waals surface area (Å²) < 4.78 is 46.1. The molecule has 0 aliphatic rings. The van der Waals surface area contributed by atoms with Crippen molar-refractivity contribution in [3.05, 3.63) is 66.2 Å². The Morgan fingerprint density at radius 2 is 1.66 bits per heavy atom. The molecule has 4 aromatic rings. The number of sulfonamides is 1. The van der Waals surface area contributed by atoms with Gasteiger partial charge in [-0.3, -0.25) is 4.72 Å². The molecule has 0 aliphatic carbocycles. The van der Waals surface area contributed by atoms with Gasteiger partial charge in [0.15, 0.2) is 23.1 Å². The third-order valence-corrected chi connectivity index (χ3v) is 7.22. The Bertz CT molecular complexity index is 1640. The number of fused-ring (bicyclic) bond motifs is 1. The fourth-order valence-electron chi connectivity index (χ4n) is 3.82. The van der Waals surface area contributed by atoms with Gasteiger partial charge in [0.1, 0.15) is 12.4 Å². The molecule has 0 unspecified atom stereocenters. The molecule has 0 spiro atoms. The number of anilines is 3. The second-order valence-corrected chi connectivity index (χ2v) is 10.3. The highest BCUT2D eigenvalue weighted by atomic mass is 32.2. The van der Waals surface area contributed by atoms with E-state index in [0.717, 1.165) is 0 Å². The Hall–Kier alpha value is -4.64. The lowest BCUT2D eigenvalue weighted by Crippen LogP contribution is -2.23. The van der Waals surface area contributed by atoms with Crippen molar-refractivity contribution in [1.82, 2.24) is 15.3 Å². The first kappa shape index (κ1) is 29.3. The van der Waals surface area contributed by atoms with Crippen LogP contribution in [0.2, 0.25) is 0 Å². The normalized spacial score (nSPS) is 11.1. The molecule has 0 saturated carbocycles. The number of ether oxygens (including phenoxy) is 3. The Morgan fingerprint density at radius 1 is 0.951 bits per heavy atom. The van der Waals surface area contributed by atoms with Crippen molar-refractivity contribution in [2.75, 3.05) is 50.6 Å². The van der Waals surface area contributed by atoms with Gasteiger partial charge < -0.3 is 30.0 Å². The van der Waals surface area contributed by atoms with Crippen molar-refractivity contribution in [2.45, 2.75) is 11.3 Å². The maximum atomic E-state index is 13.3. The zero-order chi connectivity index (χ0) is 29.2. The van der Waals surface area contributed by atoms with E-state index in [1.165, 1.54) is 38.5 Å². The predicted octanol–water partition coefficient (Wildman–Crippen LogP) is 3.41. The molecular formula is C28H30N6O6S. The number of nitrogens with one attached hydrogen (secondary N) is 3. The van der Waals surface area contributed by atoms with Crippen LogP contribution in [0.4, 0.5) is 17.3 Å². The maximum Gasteiger partial charge on any atom is 0.263 e. The molecule has 41 heavy (non-hydrogen) atoms. The molecule has 1 heterocycles. The molecule has 0 amide bonds. The first-order chi connectivity index (χ1) is 19.9. The zero-order valence-electron chi connectivity index (χ0n) is 22.5. The molecule has 3 aromatic carbocycles. The summed E-state index contributed by atoms with van der Waals surface area (Å²) in [7, 11) is -1.08. The van der Waals surface area contributed by atoms with Crippen LogP contribution in [0.15, 0.2) is 65.6 Å². The van der Waals surface area contributed by atoms with Gasteiger partial charge in [-0.25, -0.2) is 18.4 Å². The molecule has 0 saturated heterocycles. The third-order valence-electron chi connectivity index (χ3n) is 5.87. The van der Waals surface area contributed by atoms with Gasteiger partial charge in [0, 0.05) is 25.3 Å². The smallest absolute Gasteiger partial charge is 0.263 e. The van der Waals surface area contributed by atoms with Gasteiger partial charge in [-0.05, 0) is 49.4 Å². The molecule has 4 N–H and O–H groups in total. The number of rotatable bonds is 14. The molecule has 12 nitrogen and oxygen atoms in total. The Balaban J connectivity index is 1.72. The fraction of sp³-hybridized carbons (Fsp3) is 0.250. The van der Waals surface area contributed by atoms with Crippen LogP contribution in [0.1, 0.15) is 12.0 Å². The molecule has 214 valence electrons. The van der Waals surface area contributed by atoms with E-state index in [0.29, 0.717) is 59.0 Å². The average Bonchev–Trinajstić information content (AvgIpc) is 2.99. The summed E-state index contributed by atoms with van der Waals surface area (Å²) in [6.45, 7) is 1.53. The number of aromatic nitrogens is 2. The van der Waals surface area contributed by atoms with Gasteiger partial charge in [-0.2, -0.15) is 5.26 Å². The molecule has 0 fully saturated rings. The van der Waals surface area contributed by atoms with Crippen LogP contribution in [0, 0.1) is 11.3 Å². The summed E-state index contributed by atoms with van der Waals surface area (Å²) >= 11 is 0. The van der Waals surface area contributed by atoms with E-state index < -0.39 is 10.0 Å². The lowest BCUT2D eigenvalue weighted by atomic mass is 10.2. The van der Waals surface area contributed by atoms with E-state index in [1.54, 1.807) is 36.4 Å². The molecular weight excluding hydrogens is 548 g/mol. The van der Waals surface area contributed by atoms with E-state index in [4.69, 9.17) is 24.6 Å². The summed E-state index contributed by atoms with van der Waals surface area (Å²) in [5.41, 5.74) is 1.74. The van der Waals surface area contributed by atoms with Crippen molar-refractivity contribution < 1.29 is 27.7 Å². The summed E-state index contributed by atoms with van der Waals surface area (Å²) in [6, 6.07) is 17.9. The van der Waals surface area contributed by atoms with Crippen LogP contribution in [-0.4, -0.2) is 64.0 Å². The Labute approximate surface area is 238 Å². The second-order valence-electron chi connectivity index (χ2n) is 8.66. The van der Waals surface area contributed by atoms with E-state index in [-0.39, 0.29) is 29.7 Å². The number of para-hydroxylation sites is 2. The standard InChI is InChI=1S/C28H30N6O6S/c1-38-20-16-24(26(25(17-20)39-2)40-15-13-30-12-5-14-35)33-27-28(32-23-7-4-3-6-22(23)31-27)34-41(36,37)21-10-8-19(18-29)9-11-21/h3-4,6-11,16-17,30,35H,5,12-15H2,1-2H3,(H,31,33)(H,32,34). The van der Waals surface area contributed by atoms with E-state index in [1.807, 2.05) is 6.07 Å². The molecule has 1 aromatic heterocycles. The number of nitriles is 1. The van der Waals surface area contributed by atoms with Gasteiger partial charge in [0.25, 0.3) is 10.0 Å². The molecule has 0 atom stereocenters. The lowest BCUT2D eigenvalue weighted by molar-refractivity contribution is 0.274. The number of methoxy groups -OCH3 is 2. The number of hydrogen-bond donors (Lipinski definition) is 4. The molecule has 0 radical (unpaired) electrons. The van der Waals surface area contributed by atoms with Crippen LogP contribution in [0.25, 0.3) is 11.0 Å². The van der Waals surface area contributed by atoms with Crippen LogP contribution in [0.3, 0.4) is 0 Å². The Kier molecular flexibility index (Phi) is 9.75. The monoisotopic (exact) mass is 578 g/mol. The lowest BCUT2D eigenvalue weighted by Gasteiger charge is -2.19. The fourth-order valence-corrected chi connectivity index (χ4v) is 4.83. The number of aliphatic hydroxyl groups is 1. The maximum absolute atomic E-state index is 13.3. The SMILES string of the molecule is COc1cc(Nc2nc3ccccc3nc2NS(=O)(=O)c2ccc(C#N)cc2)c(OCCNCCCO)c(OC)c1. The van der Waals surface area contributed by atoms with Crippen LogP contribution in [0.5, 0.6) is 17.2 Å². The van der Waals surface area contributed by atoms with E-state index >= 15 is 0 Å². The van der Waals surface area contributed by atoms with Crippen LogP contribution < -0.4 is 29.6 Å². The van der Waals surface area contributed by atoms with Crippen molar-refractivity contribution in [3.63, 3.8) is 0 Å². The highest BCUT2D eigenvalue weighted by molar-refractivity contribution is 7.92. The van der Waals surface area contributed by atoms with Gasteiger partial charge in [-0.15, -0.1) is 0 Å². The van der Waals surface area contributed by atoms with Crippen molar-refractivity contribution in [2.24, 2.45) is 0 Å². The summed E-state index contributed by atoms with van der Waals surface area (Å²) in [5.74, 6) is 1.27. The van der Waals surface area contributed by atoms with Crippen molar-refractivity contribution in [1.29, 1.82) is 5.26 Å². The second kappa shape index (κ2) is 13.6. The topological polar surface area (TPSA) is 168 Å². The van der Waals surface area contributed by atoms with E-state index in [2.05, 4.69) is 25.3 Å². The minimum absolute atomic E-state index is 0.0434. The minimum atomic E-state index is -4.09. The van der Waals surface area contributed by atoms with Gasteiger partial charge >= 0.3 is 0 Å². The largest absolute Gasteiger partial charge is 0.497 e. The summed E-state index contributed by atoms with van der Waals surface area (Å²) in [5, 5.41) is 24.4. The summed E-state index contributed by atoms with van der Waals surface area (Å²) in [6.07, 6.45) is 0.625. The number of aliphatic hydroxyl groups excluding tert-OH is 1. The highest BCUT2D eigenvalue weighted by Crippen LogP contribution is 2.41. The average molecular weight is 579 g/mol. The van der Waals surface area contributed by atoms with Crippen LogP contribution in [-0.2, 0) is 10.0 Å². The molecule has 13 heteroatoms. The molecule has 0 aliphatic heterocycles. The molecule has 4 rings (SSSR count). The van der Waals surface area contributed by atoms with Crippen molar-refractivity contribution >= 4 is 38.4 Å². The number of hydrogen-bond acceptors (Lipinski definition) is 11. The molecule has 0 bridgehead atoms. The Morgan fingerprint density at radius 3 is 2.29 bits per heavy atom. The number of nitrogens with zero attached hydrogens (tertiary/aromatic N) is 3. The predicted molar refractivity (Wildman–Crippen MR) is 154 cm³/mol. The first-order valence-corrected chi connectivity index (χ1v) is 14.1. The minimum Gasteiger partial charge on any atom is -0.497 e. The van der Waals surface area contributed by atoms with Gasteiger partial charge in [0.2, 0.25) is 0 Å². The summed E-state index contributed by atoms with van der Waals surface area (Å²) in [4.78, 5) is 9.13. The zero-order valence-corrected chi connectivity index (χ0v) is 23.4. The van der Waals surface area contributed by atoms with Crippen molar-refractivity contribution in [3.8, 4) is 23.3 Å². The van der Waals surface area contributed by atoms with Gasteiger partial charge in [-0.1, -0.05) is 12.1 Å². The van der Waals surface area contributed by atoms with Gasteiger partial charge in [0.05, 0.1) is 47.5 Å². The number of benzene rings is 3. The van der Waals surface area contributed by atoms with E-state index in [9.17, 15) is 8.42 Å². The van der Waals surface area contributed by atoms with Crippen LogP contribution >= 0.6 is 0 Å². The highest BCUT2D eigenvalue weighted by Gasteiger charge is 2.21. The first-order valence-electron chi connectivity index (χ1n) is 12.7. The third kappa shape index (κ3) is 7.31.